The van der Waals surface area contributed by atoms with E-state index in [2.05, 4.69) is 5.32 Å². The van der Waals surface area contributed by atoms with Gasteiger partial charge in [0, 0.05) is 11.6 Å². The molecule has 3 unspecified atom stereocenters. The molecule has 0 aromatic heterocycles. The van der Waals surface area contributed by atoms with Crippen molar-refractivity contribution < 1.29 is 8.78 Å². The smallest absolute Gasteiger partial charge is 0.128 e. The normalized spacial score (nSPS) is 31.8. The Balaban J connectivity index is 1.86. The highest BCUT2D eigenvalue weighted by molar-refractivity contribution is 5.26. The van der Waals surface area contributed by atoms with Crippen LogP contribution in [0.4, 0.5) is 8.78 Å². The zero-order chi connectivity index (χ0) is 12.7. The van der Waals surface area contributed by atoms with Crippen molar-refractivity contribution in [2.24, 2.45) is 17.8 Å². The first-order chi connectivity index (χ1) is 8.72. The Hall–Kier alpha value is -0.960. The summed E-state index contributed by atoms with van der Waals surface area (Å²) in [6.07, 6.45) is 5.09. The standard InChI is InChI=1S/C15H19F2N/c1-18-15(12-8-9(16)6-7-13(12)17)14-10-4-2-3-5-11(10)14/h6-8,10-11,14-15,18H,2-5H2,1H3. The molecule has 0 amide bonds. The van der Waals surface area contributed by atoms with Crippen molar-refractivity contribution in [3.8, 4) is 0 Å². The second-order valence-electron chi connectivity index (χ2n) is 5.62. The first-order valence-electron chi connectivity index (χ1n) is 6.84. The molecule has 1 aromatic carbocycles. The van der Waals surface area contributed by atoms with Crippen LogP contribution in [0, 0.1) is 29.4 Å². The fourth-order valence-corrected chi connectivity index (χ4v) is 3.85. The molecule has 98 valence electrons. The van der Waals surface area contributed by atoms with Gasteiger partial charge in [-0.05, 0) is 55.8 Å². The van der Waals surface area contributed by atoms with E-state index in [9.17, 15) is 8.78 Å². The minimum absolute atomic E-state index is 0.0335. The van der Waals surface area contributed by atoms with Crippen LogP contribution in [0.15, 0.2) is 18.2 Å². The summed E-state index contributed by atoms with van der Waals surface area (Å²) in [5.74, 6) is 1.29. The first-order valence-corrected chi connectivity index (χ1v) is 6.84. The van der Waals surface area contributed by atoms with Crippen LogP contribution in [-0.4, -0.2) is 7.05 Å². The Labute approximate surface area is 107 Å². The number of fused-ring (bicyclic) bond motifs is 1. The van der Waals surface area contributed by atoms with Gasteiger partial charge in [0.25, 0.3) is 0 Å². The van der Waals surface area contributed by atoms with Gasteiger partial charge in [-0.25, -0.2) is 8.78 Å². The second kappa shape index (κ2) is 4.61. The molecule has 2 fully saturated rings. The highest BCUT2D eigenvalue weighted by atomic mass is 19.1. The molecule has 0 radical (unpaired) electrons. The number of halogens is 2. The molecule has 1 aromatic rings. The summed E-state index contributed by atoms with van der Waals surface area (Å²) < 4.78 is 27.2. The molecule has 1 N–H and O–H groups in total. The molecule has 2 saturated carbocycles. The topological polar surface area (TPSA) is 12.0 Å². The maximum absolute atomic E-state index is 13.9. The molecule has 3 rings (SSSR count). The largest absolute Gasteiger partial charge is 0.313 e. The van der Waals surface area contributed by atoms with Crippen molar-refractivity contribution in [1.29, 1.82) is 0 Å². The number of hydrogen-bond donors (Lipinski definition) is 1. The third kappa shape index (κ3) is 1.95. The van der Waals surface area contributed by atoms with E-state index in [-0.39, 0.29) is 17.7 Å². The summed E-state index contributed by atoms with van der Waals surface area (Å²) in [5.41, 5.74) is 0.497. The lowest BCUT2D eigenvalue weighted by Crippen LogP contribution is -2.21. The van der Waals surface area contributed by atoms with Gasteiger partial charge in [0.05, 0.1) is 0 Å². The van der Waals surface area contributed by atoms with Gasteiger partial charge in [-0.3, -0.25) is 0 Å². The molecule has 0 heterocycles. The SMILES string of the molecule is CNC(c1cc(F)ccc1F)C1C2CCCCC21. The average Bonchev–Trinajstić information content (AvgIpc) is 3.09. The second-order valence-corrected chi connectivity index (χ2v) is 5.62. The van der Waals surface area contributed by atoms with Gasteiger partial charge >= 0.3 is 0 Å². The van der Waals surface area contributed by atoms with E-state index in [1.807, 2.05) is 7.05 Å². The first kappa shape index (κ1) is 12.1. The van der Waals surface area contributed by atoms with E-state index in [1.54, 1.807) is 0 Å². The molecule has 0 aliphatic heterocycles. The van der Waals surface area contributed by atoms with Gasteiger partial charge < -0.3 is 5.32 Å². The van der Waals surface area contributed by atoms with E-state index in [0.29, 0.717) is 11.5 Å². The molecule has 1 nitrogen and oxygen atoms in total. The Kier molecular flexibility index (Phi) is 3.10. The Morgan fingerprint density at radius 2 is 1.83 bits per heavy atom. The van der Waals surface area contributed by atoms with Crippen molar-refractivity contribution in [2.45, 2.75) is 31.7 Å². The molecule has 0 saturated heterocycles. The molecule has 3 atom stereocenters. The minimum atomic E-state index is -0.352. The number of benzene rings is 1. The maximum Gasteiger partial charge on any atom is 0.128 e. The monoisotopic (exact) mass is 251 g/mol. The zero-order valence-corrected chi connectivity index (χ0v) is 10.6. The lowest BCUT2D eigenvalue weighted by Gasteiger charge is -2.18. The van der Waals surface area contributed by atoms with Gasteiger partial charge in [0.2, 0.25) is 0 Å². The van der Waals surface area contributed by atoms with E-state index in [4.69, 9.17) is 0 Å². The average molecular weight is 251 g/mol. The number of nitrogens with one attached hydrogen (secondary N) is 1. The van der Waals surface area contributed by atoms with Crippen LogP contribution < -0.4 is 5.32 Å². The van der Waals surface area contributed by atoms with Crippen molar-refractivity contribution >= 4 is 0 Å². The lowest BCUT2D eigenvalue weighted by atomic mass is 9.99. The van der Waals surface area contributed by atoms with E-state index in [1.165, 1.54) is 43.9 Å². The van der Waals surface area contributed by atoms with Crippen molar-refractivity contribution in [3.63, 3.8) is 0 Å². The third-order valence-electron chi connectivity index (χ3n) is 4.71. The summed E-state index contributed by atoms with van der Waals surface area (Å²) in [7, 11) is 1.85. The molecule has 18 heavy (non-hydrogen) atoms. The fraction of sp³-hybridized carbons (Fsp3) is 0.600. The van der Waals surface area contributed by atoms with Crippen LogP contribution in [0.1, 0.15) is 37.3 Å². The molecule has 2 aliphatic rings. The summed E-state index contributed by atoms with van der Waals surface area (Å²) in [5, 5.41) is 3.20. The van der Waals surface area contributed by atoms with Crippen LogP contribution in [-0.2, 0) is 0 Å². The molecular weight excluding hydrogens is 232 g/mol. The van der Waals surface area contributed by atoms with Crippen molar-refractivity contribution in [3.05, 3.63) is 35.4 Å². The van der Waals surface area contributed by atoms with Crippen molar-refractivity contribution in [2.75, 3.05) is 7.05 Å². The van der Waals surface area contributed by atoms with Gasteiger partial charge in [-0.2, -0.15) is 0 Å². The van der Waals surface area contributed by atoms with Crippen molar-refractivity contribution in [1.82, 2.24) is 5.32 Å². The third-order valence-corrected chi connectivity index (χ3v) is 4.71. The molecule has 0 spiro atoms. The van der Waals surface area contributed by atoms with Crippen LogP contribution in [0.3, 0.4) is 0 Å². The fourth-order valence-electron chi connectivity index (χ4n) is 3.85. The van der Waals surface area contributed by atoms with Crippen LogP contribution in [0.5, 0.6) is 0 Å². The van der Waals surface area contributed by atoms with Gasteiger partial charge in [0.15, 0.2) is 0 Å². The summed E-state index contributed by atoms with van der Waals surface area (Å²) in [6.45, 7) is 0. The summed E-state index contributed by atoms with van der Waals surface area (Å²) in [6, 6.07) is 3.74. The molecule has 0 bridgehead atoms. The van der Waals surface area contributed by atoms with E-state index < -0.39 is 0 Å². The highest BCUT2D eigenvalue weighted by Gasteiger charge is 2.54. The van der Waals surface area contributed by atoms with Gasteiger partial charge in [-0.15, -0.1) is 0 Å². The predicted molar refractivity (Wildman–Crippen MR) is 67.1 cm³/mol. The highest BCUT2D eigenvalue weighted by Crippen LogP contribution is 2.60. The molecular formula is C15H19F2N. The van der Waals surface area contributed by atoms with Crippen LogP contribution in [0.25, 0.3) is 0 Å². The lowest BCUT2D eigenvalue weighted by molar-refractivity contribution is 0.453. The minimum Gasteiger partial charge on any atom is -0.313 e. The maximum atomic E-state index is 13.9. The Morgan fingerprint density at radius 1 is 1.17 bits per heavy atom. The molecule has 3 heteroatoms. The van der Waals surface area contributed by atoms with Gasteiger partial charge in [-0.1, -0.05) is 12.8 Å². The predicted octanol–water partition coefficient (Wildman–Crippen LogP) is 3.66. The van der Waals surface area contributed by atoms with Crippen LogP contribution in [0.2, 0.25) is 0 Å². The summed E-state index contributed by atoms with van der Waals surface area (Å²) >= 11 is 0. The Morgan fingerprint density at radius 3 is 2.44 bits per heavy atom. The summed E-state index contributed by atoms with van der Waals surface area (Å²) in [4.78, 5) is 0. The quantitative estimate of drug-likeness (QED) is 0.864. The number of hydrogen-bond acceptors (Lipinski definition) is 1. The van der Waals surface area contributed by atoms with Gasteiger partial charge in [0.1, 0.15) is 11.6 Å². The Bertz CT molecular complexity index is 434. The zero-order valence-electron chi connectivity index (χ0n) is 10.6. The number of rotatable bonds is 3. The molecule has 2 aliphatic carbocycles. The van der Waals surface area contributed by atoms with Crippen LogP contribution >= 0.6 is 0 Å². The van der Waals surface area contributed by atoms with E-state index in [0.717, 1.165) is 11.8 Å². The van der Waals surface area contributed by atoms with E-state index >= 15 is 0 Å².